The molecule has 1 heterocycles. The molecule has 0 aromatic carbocycles. The molecule has 1 rings (SSSR count). The predicted octanol–water partition coefficient (Wildman–Crippen LogP) is 0.990. The molecule has 6 heteroatoms. The first kappa shape index (κ1) is 13.7. The van der Waals surface area contributed by atoms with E-state index in [9.17, 15) is 9.59 Å². The fraction of sp³-hybridized carbons (Fsp3) is 0.455. The summed E-state index contributed by atoms with van der Waals surface area (Å²) < 4.78 is 0. The van der Waals surface area contributed by atoms with Gasteiger partial charge in [0.05, 0.1) is 19.0 Å². The molecule has 3 N–H and O–H groups in total. The molecule has 0 spiro atoms. The van der Waals surface area contributed by atoms with Crippen LogP contribution < -0.4 is 10.6 Å². The molecule has 1 unspecified atom stereocenters. The van der Waals surface area contributed by atoms with Gasteiger partial charge in [0.15, 0.2) is 0 Å². The molecule has 94 valence electrons. The van der Waals surface area contributed by atoms with Gasteiger partial charge in [-0.05, 0) is 18.4 Å². The van der Waals surface area contributed by atoms with E-state index < -0.39 is 5.97 Å². The van der Waals surface area contributed by atoms with E-state index in [-0.39, 0.29) is 24.9 Å². The molecule has 1 aromatic heterocycles. The van der Waals surface area contributed by atoms with Crippen LogP contribution in [0.1, 0.15) is 24.3 Å². The zero-order valence-electron chi connectivity index (χ0n) is 9.60. The molecule has 1 atom stereocenters. The normalized spacial score (nSPS) is 12.1. The summed E-state index contributed by atoms with van der Waals surface area (Å²) in [5, 5.41) is 16.0. The van der Waals surface area contributed by atoms with Gasteiger partial charge in [0.1, 0.15) is 0 Å². The molecule has 0 aliphatic carbocycles. The van der Waals surface area contributed by atoms with Gasteiger partial charge in [-0.15, -0.1) is 11.3 Å². The van der Waals surface area contributed by atoms with E-state index in [1.165, 1.54) is 0 Å². The summed E-state index contributed by atoms with van der Waals surface area (Å²) in [6.45, 7) is 2.36. The Kier molecular flexibility index (Phi) is 5.65. The van der Waals surface area contributed by atoms with Crippen LogP contribution in [0, 0.1) is 0 Å². The summed E-state index contributed by atoms with van der Waals surface area (Å²) >= 11 is 1.59. The first-order chi connectivity index (χ1) is 8.09. The molecule has 0 saturated carbocycles. The van der Waals surface area contributed by atoms with Crippen LogP contribution in [0.4, 0.5) is 0 Å². The number of aliphatic carboxylic acids is 1. The molecule has 0 bridgehead atoms. The molecule has 1 amide bonds. The number of carboxylic acid groups (broad SMARTS) is 1. The number of hydrogen-bond donors (Lipinski definition) is 3. The van der Waals surface area contributed by atoms with Crippen molar-refractivity contribution in [2.45, 2.75) is 19.4 Å². The van der Waals surface area contributed by atoms with Crippen molar-refractivity contribution in [3.63, 3.8) is 0 Å². The zero-order chi connectivity index (χ0) is 12.7. The number of carbonyl (C=O) groups excluding carboxylic acids is 1. The van der Waals surface area contributed by atoms with Crippen LogP contribution in [-0.4, -0.2) is 30.1 Å². The molecule has 17 heavy (non-hydrogen) atoms. The van der Waals surface area contributed by atoms with Gasteiger partial charge in [-0.2, -0.15) is 0 Å². The Morgan fingerprint density at radius 3 is 2.88 bits per heavy atom. The molecule has 0 radical (unpaired) electrons. The summed E-state index contributed by atoms with van der Waals surface area (Å²) in [5.74, 6) is -0.999. The maximum atomic E-state index is 11.5. The van der Waals surface area contributed by atoms with Crippen LogP contribution in [0.2, 0.25) is 0 Å². The Labute approximate surface area is 104 Å². The lowest BCUT2D eigenvalue weighted by Crippen LogP contribution is -2.35. The second-order valence-corrected chi connectivity index (χ2v) is 4.60. The topological polar surface area (TPSA) is 78.4 Å². The average Bonchev–Trinajstić information content (AvgIpc) is 2.77. The number of nitrogens with one attached hydrogen (secondary N) is 2. The minimum absolute atomic E-state index is 0.0104. The third-order valence-corrected chi connectivity index (χ3v) is 3.20. The minimum atomic E-state index is -0.870. The monoisotopic (exact) mass is 256 g/mol. The highest BCUT2D eigenvalue weighted by Crippen LogP contribution is 2.17. The number of carboxylic acids is 1. The summed E-state index contributed by atoms with van der Waals surface area (Å²) in [5.41, 5.74) is 0. The van der Waals surface area contributed by atoms with Crippen molar-refractivity contribution in [3.05, 3.63) is 22.4 Å². The first-order valence-corrected chi connectivity index (χ1v) is 6.23. The SMILES string of the molecule is CC(NC(=O)CNCCC(=O)O)c1cccs1. The van der Waals surface area contributed by atoms with Crippen molar-refractivity contribution < 1.29 is 14.7 Å². The third-order valence-electron chi connectivity index (χ3n) is 2.15. The minimum Gasteiger partial charge on any atom is -0.481 e. The smallest absolute Gasteiger partial charge is 0.304 e. The van der Waals surface area contributed by atoms with Gasteiger partial charge < -0.3 is 15.7 Å². The van der Waals surface area contributed by atoms with Gasteiger partial charge in [0.2, 0.25) is 5.91 Å². The number of amides is 1. The molecule has 0 saturated heterocycles. The van der Waals surface area contributed by atoms with Crippen LogP contribution in [0.5, 0.6) is 0 Å². The van der Waals surface area contributed by atoms with Crippen LogP contribution >= 0.6 is 11.3 Å². The van der Waals surface area contributed by atoms with Gasteiger partial charge >= 0.3 is 5.97 Å². The highest BCUT2D eigenvalue weighted by Gasteiger charge is 2.09. The van der Waals surface area contributed by atoms with Crippen molar-refractivity contribution in [1.82, 2.24) is 10.6 Å². The van der Waals surface area contributed by atoms with E-state index in [1.54, 1.807) is 11.3 Å². The number of rotatable bonds is 7. The quantitative estimate of drug-likeness (QED) is 0.636. The van der Waals surface area contributed by atoms with E-state index in [0.29, 0.717) is 6.54 Å². The van der Waals surface area contributed by atoms with Crippen LogP contribution in [0.3, 0.4) is 0 Å². The number of carbonyl (C=O) groups is 2. The second-order valence-electron chi connectivity index (χ2n) is 3.63. The predicted molar refractivity (Wildman–Crippen MR) is 66.0 cm³/mol. The van der Waals surface area contributed by atoms with Crippen molar-refractivity contribution in [2.24, 2.45) is 0 Å². The largest absolute Gasteiger partial charge is 0.481 e. The number of hydrogen-bond acceptors (Lipinski definition) is 4. The summed E-state index contributed by atoms with van der Waals surface area (Å²) in [6.07, 6.45) is 0.0216. The Hall–Kier alpha value is -1.40. The van der Waals surface area contributed by atoms with Crippen molar-refractivity contribution in [1.29, 1.82) is 0 Å². The molecule has 1 aromatic rings. The maximum Gasteiger partial charge on any atom is 0.304 e. The van der Waals surface area contributed by atoms with E-state index in [0.717, 1.165) is 4.88 Å². The molecule has 0 aliphatic rings. The van der Waals surface area contributed by atoms with Gasteiger partial charge in [0.25, 0.3) is 0 Å². The number of thiophene rings is 1. The fourth-order valence-electron chi connectivity index (χ4n) is 1.30. The van der Waals surface area contributed by atoms with Gasteiger partial charge in [-0.25, -0.2) is 0 Å². The molecule has 0 fully saturated rings. The first-order valence-electron chi connectivity index (χ1n) is 5.35. The Morgan fingerprint density at radius 2 is 2.29 bits per heavy atom. The summed E-state index contributed by atoms with van der Waals surface area (Å²) in [4.78, 5) is 22.8. The van der Waals surface area contributed by atoms with Crippen molar-refractivity contribution >= 4 is 23.2 Å². The van der Waals surface area contributed by atoms with E-state index in [1.807, 2.05) is 24.4 Å². The molecular weight excluding hydrogens is 240 g/mol. The Morgan fingerprint density at radius 1 is 1.53 bits per heavy atom. The van der Waals surface area contributed by atoms with E-state index in [2.05, 4.69) is 10.6 Å². The van der Waals surface area contributed by atoms with Crippen molar-refractivity contribution in [3.8, 4) is 0 Å². The van der Waals surface area contributed by atoms with Gasteiger partial charge in [0, 0.05) is 11.4 Å². The maximum absolute atomic E-state index is 11.5. The lowest BCUT2D eigenvalue weighted by molar-refractivity contribution is -0.137. The highest BCUT2D eigenvalue weighted by molar-refractivity contribution is 7.10. The second kappa shape index (κ2) is 7.03. The summed E-state index contributed by atoms with van der Waals surface area (Å²) in [7, 11) is 0. The van der Waals surface area contributed by atoms with Crippen LogP contribution in [0.15, 0.2) is 17.5 Å². The van der Waals surface area contributed by atoms with Crippen LogP contribution in [0.25, 0.3) is 0 Å². The van der Waals surface area contributed by atoms with Gasteiger partial charge in [-0.1, -0.05) is 6.07 Å². The summed E-state index contributed by atoms with van der Waals surface area (Å²) in [6, 6.07) is 3.89. The zero-order valence-corrected chi connectivity index (χ0v) is 10.4. The lowest BCUT2D eigenvalue weighted by Gasteiger charge is -2.12. The highest BCUT2D eigenvalue weighted by atomic mass is 32.1. The average molecular weight is 256 g/mol. The van der Waals surface area contributed by atoms with E-state index >= 15 is 0 Å². The lowest BCUT2D eigenvalue weighted by atomic mass is 10.3. The Bertz CT molecular complexity index is 365. The molecular formula is C11H16N2O3S. The van der Waals surface area contributed by atoms with Gasteiger partial charge in [-0.3, -0.25) is 9.59 Å². The molecule has 0 aliphatic heterocycles. The van der Waals surface area contributed by atoms with Crippen molar-refractivity contribution in [2.75, 3.05) is 13.1 Å². The van der Waals surface area contributed by atoms with E-state index in [4.69, 9.17) is 5.11 Å². The fourth-order valence-corrected chi connectivity index (χ4v) is 2.03. The van der Waals surface area contributed by atoms with Crippen LogP contribution in [-0.2, 0) is 9.59 Å². The Balaban J connectivity index is 2.19. The molecule has 5 nitrogen and oxygen atoms in total. The standard InChI is InChI=1S/C11H16N2O3S/c1-8(9-3-2-6-17-9)13-10(14)7-12-5-4-11(15)16/h2-3,6,8,12H,4-5,7H2,1H3,(H,13,14)(H,15,16). The third kappa shape index (κ3) is 5.46.